The first kappa shape index (κ1) is 12.4. The maximum absolute atomic E-state index is 2.12. The fourth-order valence-electron chi connectivity index (χ4n) is 1.80. The van der Waals surface area contributed by atoms with E-state index in [4.69, 9.17) is 0 Å². The minimum Gasteiger partial charge on any atom is -0.0620 e. The Kier molecular flexibility index (Phi) is 4.14. The second kappa shape index (κ2) is 6.02. The highest BCUT2D eigenvalue weighted by atomic mass is 13.9. The van der Waals surface area contributed by atoms with E-state index in [-0.39, 0.29) is 0 Å². The number of hydrogen-bond acceptors (Lipinski definition) is 0. The van der Waals surface area contributed by atoms with Crippen LogP contribution in [-0.4, -0.2) is 0 Å². The molecular formula is C18H18. The van der Waals surface area contributed by atoms with E-state index < -0.39 is 0 Å². The Morgan fingerprint density at radius 2 is 0.722 bits per heavy atom. The molecule has 0 heterocycles. The Bertz CT molecular complexity index is 537. The van der Waals surface area contributed by atoms with Crippen molar-refractivity contribution in [3.63, 3.8) is 0 Å². The molecule has 0 N–H and O–H groups in total. The van der Waals surface area contributed by atoms with Crippen molar-refractivity contribution in [3.8, 4) is 0 Å². The first-order valence-corrected chi connectivity index (χ1v) is 6.23. The van der Waals surface area contributed by atoms with Crippen LogP contribution in [0.1, 0.15) is 11.1 Å². The molecule has 0 radical (unpaired) electrons. The molecule has 0 atom stereocenters. The van der Waals surface area contributed by atoms with Crippen molar-refractivity contribution in [2.75, 3.05) is 0 Å². The van der Waals surface area contributed by atoms with Crippen molar-refractivity contribution in [3.05, 3.63) is 83.9 Å². The van der Waals surface area contributed by atoms with Gasteiger partial charge in [-0.1, -0.05) is 72.8 Å². The summed E-state index contributed by atoms with van der Waals surface area (Å²) in [6, 6.07) is 25.1. The molecule has 90 valence electrons. The predicted molar refractivity (Wildman–Crippen MR) is 79.9 cm³/mol. The van der Waals surface area contributed by atoms with Gasteiger partial charge in [0.15, 0.2) is 0 Å². The highest BCUT2D eigenvalue weighted by Crippen LogP contribution is 2.11. The molecule has 0 aromatic heterocycles. The Morgan fingerprint density at radius 1 is 0.444 bits per heavy atom. The molecule has 0 fully saturated rings. The van der Waals surface area contributed by atoms with Gasteiger partial charge in [0.1, 0.15) is 0 Å². The van der Waals surface area contributed by atoms with Gasteiger partial charge in [-0.3, -0.25) is 0 Å². The third-order valence-electron chi connectivity index (χ3n) is 3.08. The van der Waals surface area contributed by atoms with Crippen LogP contribution in [0.25, 0.3) is 10.8 Å². The van der Waals surface area contributed by atoms with E-state index in [1.807, 2.05) is 0 Å². The first-order valence-electron chi connectivity index (χ1n) is 6.23. The summed E-state index contributed by atoms with van der Waals surface area (Å²) in [5.74, 6) is 0. The largest absolute Gasteiger partial charge is 0.0620 e. The van der Waals surface area contributed by atoms with Crippen molar-refractivity contribution in [1.29, 1.82) is 0 Å². The van der Waals surface area contributed by atoms with E-state index >= 15 is 0 Å². The highest BCUT2D eigenvalue weighted by molar-refractivity contribution is 5.81. The fourth-order valence-corrected chi connectivity index (χ4v) is 1.80. The number of rotatable bonds is 0. The summed E-state index contributed by atoms with van der Waals surface area (Å²) in [5.41, 5.74) is 2.74. The molecule has 0 amide bonds. The number of benzene rings is 3. The zero-order chi connectivity index (χ0) is 12.8. The third-order valence-corrected chi connectivity index (χ3v) is 3.08. The molecule has 0 heteroatoms. The molecule has 0 saturated heterocycles. The van der Waals surface area contributed by atoms with E-state index in [1.165, 1.54) is 21.9 Å². The topological polar surface area (TPSA) is 0 Å². The van der Waals surface area contributed by atoms with Gasteiger partial charge in [-0.15, -0.1) is 0 Å². The molecule has 3 aromatic rings. The van der Waals surface area contributed by atoms with Crippen LogP contribution in [0.3, 0.4) is 0 Å². The van der Waals surface area contributed by atoms with E-state index in [1.54, 1.807) is 0 Å². The van der Waals surface area contributed by atoms with Crippen LogP contribution in [0.4, 0.5) is 0 Å². The average molecular weight is 234 g/mol. The van der Waals surface area contributed by atoms with Gasteiger partial charge < -0.3 is 0 Å². The van der Waals surface area contributed by atoms with E-state index in [0.717, 1.165) is 0 Å². The molecule has 0 aliphatic carbocycles. The molecule has 0 spiro atoms. The summed E-state index contributed by atoms with van der Waals surface area (Å²) in [5, 5.41) is 2.62. The number of aryl methyl sites for hydroxylation is 2. The van der Waals surface area contributed by atoms with E-state index in [0.29, 0.717) is 0 Å². The van der Waals surface area contributed by atoms with Crippen LogP contribution >= 0.6 is 0 Å². The van der Waals surface area contributed by atoms with Crippen LogP contribution < -0.4 is 0 Å². The summed E-state index contributed by atoms with van der Waals surface area (Å²) < 4.78 is 0. The van der Waals surface area contributed by atoms with E-state index in [9.17, 15) is 0 Å². The summed E-state index contributed by atoms with van der Waals surface area (Å²) in [4.78, 5) is 0. The highest BCUT2D eigenvalue weighted by Gasteiger charge is 1.85. The summed E-state index contributed by atoms with van der Waals surface area (Å²) >= 11 is 0. The lowest BCUT2D eigenvalue weighted by molar-refractivity contribution is 1.34. The van der Waals surface area contributed by atoms with Crippen LogP contribution in [0, 0.1) is 13.8 Å². The Morgan fingerprint density at radius 3 is 1.00 bits per heavy atom. The van der Waals surface area contributed by atoms with Crippen LogP contribution in [0.5, 0.6) is 0 Å². The fraction of sp³-hybridized carbons (Fsp3) is 0.111. The van der Waals surface area contributed by atoms with Crippen LogP contribution in [0.15, 0.2) is 72.8 Å². The van der Waals surface area contributed by atoms with Crippen molar-refractivity contribution >= 4 is 10.8 Å². The van der Waals surface area contributed by atoms with Gasteiger partial charge in [0.2, 0.25) is 0 Å². The summed E-state index contributed by atoms with van der Waals surface area (Å²) in [7, 11) is 0. The van der Waals surface area contributed by atoms with Gasteiger partial charge in [0, 0.05) is 0 Å². The zero-order valence-electron chi connectivity index (χ0n) is 10.9. The second-order valence-corrected chi connectivity index (χ2v) is 4.43. The molecule has 0 saturated carbocycles. The molecule has 3 rings (SSSR count). The molecular weight excluding hydrogens is 216 g/mol. The standard InChI is InChI=1S/C10H8.C8H10/c1-2-6-10-8-4-3-7-9(10)5-1;1-7-5-3-4-6-8(7)2/h1-8H;3-6H,1-2H3. The number of hydrogen-bond donors (Lipinski definition) is 0. The zero-order valence-corrected chi connectivity index (χ0v) is 10.9. The summed E-state index contributed by atoms with van der Waals surface area (Å²) in [6.07, 6.45) is 0. The predicted octanol–water partition coefficient (Wildman–Crippen LogP) is 5.14. The Labute approximate surface area is 109 Å². The van der Waals surface area contributed by atoms with Gasteiger partial charge in [-0.2, -0.15) is 0 Å². The molecule has 0 bridgehead atoms. The van der Waals surface area contributed by atoms with Crippen molar-refractivity contribution in [2.45, 2.75) is 13.8 Å². The quantitative estimate of drug-likeness (QED) is 0.505. The third kappa shape index (κ3) is 3.21. The Balaban J connectivity index is 0.000000138. The maximum atomic E-state index is 2.12. The smallest absolute Gasteiger partial charge is 0.0184 e. The maximum Gasteiger partial charge on any atom is -0.0184 e. The second-order valence-electron chi connectivity index (χ2n) is 4.43. The van der Waals surface area contributed by atoms with Crippen molar-refractivity contribution in [1.82, 2.24) is 0 Å². The van der Waals surface area contributed by atoms with Gasteiger partial charge in [0.25, 0.3) is 0 Å². The average Bonchev–Trinajstić information content (AvgIpc) is 2.43. The number of fused-ring (bicyclic) bond motifs is 1. The van der Waals surface area contributed by atoms with Gasteiger partial charge >= 0.3 is 0 Å². The van der Waals surface area contributed by atoms with Crippen molar-refractivity contribution in [2.24, 2.45) is 0 Å². The first-order chi connectivity index (χ1) is 8.77. The van der Waals surface area contributed by atoms with Gasteiger partial charge in [-0.05, 0) is 35.7 Å². The lowest BCUT2D eigenvalue weighted by atomic mass is 10.1. The van der Waals surface area contributed by atoms with Crippen molar-refractivity contribution < 1.29 is 0 Å². The monoisotopic (exact) mass is 234 g/mol. The molecule has 3 aromatic carbocycles. The van der Waals surface area contributed by atoms with Gasteiger partial charge in [-0.25, -0.2) is 0 Å². The van der Waals surface area contributed by atoms with E-state index in [2.05, 4.69) is 86.6 Å². The van der Waals surface area contributed by atoms with Crippen LogP contribution in [0.2, 0.25) is 0 Å². The summed E-state index contributed by atoms with van der Waals surface area (Å²) in [6.45, 7) is 4.24. The van der Waals surface area contributed by atoms with Gasteiger partial charge in [0.05, 0.1) is 0 Å². The molecule has 0 nitrogen and oxygen atoms in total. The SMILES string of the molecule is Cc1ccccc1C.c1ccc2ccccc2c1. The van der Waals surface area contributed by atoms with Crippen LogP contribution in [-0.2, 0) is 0 Å². The molecule has 0 aliphatic rings. The molecule has 18 heavy (non-hydrogen) atoms. The minimum absolute atomic E-state index is 1.31. The molecule has 0 aliphatic heterocycles. The lowest BCUT2D eigenvalue weighted by Gasteiger charge is -1.93. The molecule has 0 unspecified atom stereocenters. The Hall–Kier alpha value is -2.08. The minimum atomic E-state index is 1.31. The normalized spacial score (nSPS) is 9.67. The lowest BCUT2D eigenvalue weighted by Crippen LogP contribution is -1.74.